The van der Waals surface area contributed by atoms with Crippen molar-refractivity contribution in [2.24, 2.45) is 0 Å². The number of hydrogen-bond acceptors (Lipinski definition) is 3. The quantitative estimate of drug-likeness (QED) is 0.0687. The highest BCUT2D eigenvalue weighted by molar-refractivity contribution is 7.95. The Morgan fingerprint density at radius 3 is 1.03 bits per heavy atom. The molecule has 0 spiro atoms. The van der Waals surface area contributed by atoms with Gasteiger partial charge in [-0.2, -0.15) is 0 Å². The molecular weight excluding hydrogens is 460 g/mol. The molecule has 0 aromatic rings. The highest BCUT2D eigenvalue weighted by Gasteiger charge is 2.13. The molecule has 216 valence electrons. The van der Waals surface area contributed by atoms with E-state index >= 15 is 0 Å². The smallest absolute Gasteiger partial charge is 0.317 e. The first-order chi connectivity index (χ1) is 17.7. The Kier molecular flexibility index (Phi) is 30.9. The van der Waals surface area contributed by atoms with Crippen LogP contribution in [0.1, 0.15) is 201 Å². The van der Waals surface area contributed by atoms with Gasteiger partial charge in [0.2, 0.25) is 0 Å². The zero-order valence-corrected chi connectivity index (χ0v) is 25.9. The average Bonchev–Trinajstić information content (AvgIpc) is 2.89. The van der Waals surface area contributed by atoms with E-state index < -0.39 is 0 Å². The van der Waals surface area contributed by atoms with Crippen LogP contribution >= 0.6 is 12.0 Å². The maximum atomic E-state index is 11.6. The number of rotatable bonds is 30. The molecule has 0 heterocycles. The summed E-state index contributed by atoms with van der Waals surface area (Å²) in [4.78, 5) is 11.6. The zero-order valence-electron chi connectivity index (χ0n) is 25.1. The van der Waals surface area contributed by atoms with Crippen LogP contribution in [-0.4, -0.2) is 11.2 Å². The number of hydrogen-bond donors (Lipinski definition) is 0. The third-order valence-corrected chi connectivity index (χ3v) is 8.60. The highest BCUT2D eigenvalue weighted by Crippen LogP contribution is 2.26. The van der Waals surface area contributed by atoms with E-state index in [-0.39, 0.29) is 5.97 Å². The minimum absolute atomic E-state index is 0.0652. The van der Waals surface area contributed by atoms with Crippen molar-refractivity contribution in [2.45, 2.75) is 206 Å². The van der Waals surface area contributed by atoms with Crippen LogP contribution in [0.4, 0.5) is 0 Å². The Hall–Kier alpha value is -0.180. The second kappa shape index (κ2) is 31.0. The maximum Gasteiger partial charge on any atom is 0.317 e. The molecule has 0 aromatic carbocycles. The SMILES string of the molecule is CCCCCCCCCCCCCCCCCC(CCCCCCCCCCCC)SOC(=O)CC. The predicted molar refractivity (Wildman–Crippen MR) is 164 cm³/mol. The Balaban J connectivity index is 3.66. The van der Waals surface area contributed by atoms with Crippen LogP contribution in [0, 0.1) is 0 Å². The van der Waals surface area contributed by atoms with Crippen LogP contribution < -0.4 is 0 Å². The van der Waals surface area contributed by atoms with Crippen molar-refractivity contribution < 1.29 is 8.98 Å². The predicted octanol–water partition coefficient (Wildman–Crippen LogP) is 12.5. The van der Waals surface area contributed by atoms with Gasteiger partial charge in [-0.3, -0.25) is 4.79 Å². The molecule has 0 aliphatic carbocycles. The molecule has 1 atom stereocenters. The molecule has 0 rings (SSSR count). The van der Waals surface area contributed by atoms with E-state index in [1.54, 1.807) is 0 Å². The van der Waals surface area contributed by atoms with Crippen LogP contribution in [0.25, 0.3) is 0 Å². The van der Waals surface area contributed by atoms with E-state index in [2.05, 4.69) is 13.8 Å². The molecule has 0 bridgehead atoms. The molecule has 2 nitrogen and oxygen atoms in total. The normalized spacial score (nSPS) is 12.2. The summed E-state index contributed by atoms with van der Waals surface area (Å²) >= 11 is 1.47. The molecule has 0 N–H and O–H groups in total. The van der Waals surface area contributed by atoms with Crippen LogP contribution in [-0.2, 0) is 8.98 Å². The van der Waals surface area contributed by atoms with E-state index in [0.29, 0.717) is 11.7 Å². The van der Waals surface area contributed by atoms with Crippen molar-refractivity contribution >= 4 is 18.0 Å². The average molecular weight is 527 g/mol. The third kappa shape index (κ3) is 28.4. The Morgan fingerprint density at radius 2 is 0.750 bits per heavy atom. The molecular formula is C33H66O2S. The molecule has 0 amide bonds. The van der Waals surface area contributed by atoms with Crippen molar-refractivity contribution in [1.82, 2.24) is 0 Å². The lowest BCUT2D eigenvalue weighted by Crippen LogP contribution is -2.07. The first-order valence-electron chi connectivity index (χ1n) is 16.6. The van der Waals surface area contributed by atoms with Gasteiger partial charge in [0.15, 0.2) is 0 Å². The molecule has 36 heavy (non-hydrogen) atoms. The van der Waals surface area contributed by atoms with Crippen molar-refractivity contribution in [3.8, 4) is 0 Å². The molecule has 0 fully saturated rings. The van der Waals surface area contributed by atoms with Gasteiger partial charge in [-0.05, 0) is 12.8 Å². The Labute approximate surface area is 232 Å². The van der Waals surface area contributed by atoms with Crippen LogP contribution in [0.2, 0.25) is 0 Å². The minimum Gasteiger partial charge on any atom is -0.391 e. The monoisotopic (exact) mass is 526 g/mol. The Morgan fingerprint density at radius 1 is 0.472 bits per heavy atom. The van der Waals surface area contributed by atoms with Gasteiger partial charge in [0.05, 0.1) is 12.0 Å². The van der Waals surface area contributed by atoms with Crippen molar-refractivity contribution in [1.29, 1.82) is 0 Å². The van der Waals surface area contributed by atoms with Gasteiger partial charge in [-0.25, -0.2) is 0 Å². The topological polar surface area (TPSA) is 26.3 Å². The van der Waals surface area contributed by atoms with E-state index in [0.717, 1.165) is 0 Å². The van der Waals surface area contributed by atoms with Crippen molar-refractivity contribution in [2.75, 3.05) is 0 Å². The molecule has 0 saturated heterocycles. The van der Waals surface area contributed by atoms with Gasteiger partial charge in [0.1, 0.15) is 0 Å². The van der Waals surface area contributed by atoms with Gasteiger partial charge in [0.25, 0.3) is 0 Å². The van der Waals surface area contributed by atoms with Gasteiger partial charge >= 0.3 is 5.97 Å². The molecule has 0 aliphatic heterocycles. The fourth-order valence-electron chi connectivity index (χ4n) is 5.02. The minimum atomic E-state index is -0.0652. The largest absolute Gasteiger partial charge is 0.391 e. The summed E-state index contributed by atoms with van der Waals surface area (Å²) in [5.74, 6) is -0.0652. The number of carbonyl (C=O) groups excluding carboxylic acids is 1. The lowest BCUT2D eigenvalue weighted by molar-refractivity contribution is -0.132. The first-order valence-corrected chi connectivity index (χ1v) is 17.4. The number of unbranched alkanes of at least 4 members (excludes halogenated alkanes) is 23. The van der Waals surface area contributed by atoms with Crippen LogP contribution in [0.3, 0.4) is 0 Å². The highest BCUT2D eigenvalue weighted by atomic mass is 32.2. The van der Waals surface area contributed by atoms with Crippen LogP contribution in [0.15, 0.2) is 0 Å². The molecule has 0 aliphatic rings. The molecule has 0 saturated carbocycles. The standard InChI is InChI=1S/C33H66O2S/c1-4-7-9-11-13-15-17-18-19-20-21-23-25-27-29-31-32(36-35-33(34)6-3)30-28-26-24-22-16-14-12-10-8-5-2/h32H,4-31H2,1-3H3. The van der Waals surface area contributed by atoms with Gasteiger partial charge in [-0.1, -0.05) is 181 Å². The van der Waals surface area contributed by atoms with Gasteiger partial charge < -0.3 is 4.18 Å². The molecule has 0 radical (unpaired) electrons. The van der Waals surface area contributed by atoms with E-state index in [1.807, 2.05) is 6.92 Å². The maximum absolute atomic E-state index is 11.6. The lowest BCUT2D eigenvalue weighted by Gasteiger charge is -2.15. The second-order valence-electron chi connectivity index (χ2n) is 11.2. The Bertz CT molecular complexity index is 426. The lowest BCUT2D eigenvalue weighted by atomic mass is 10.0. The summed E-state index contributed by atoms with van der Waals surface area (Å²) in [5.41, 5.74) is 0. The molecule has 1 unspecified atom stereocenters. The number of carbonyl (C=O) groups is 1. The van der Waals surface area contributed by atoms with E-state index in [1.165, 1.54) is 185 Å². The first kappa shape index (κ1) is 35.8. The van der Waals surface area contributed by atoms with Crippen LogP contribution in [0.5, 0.6) is 0 Å². The second-order valence-corrected chi connectivity index (χ2v) is 12.3. The summed E-state index contributed by atoms with van der Waals surface area (Å²) in [6, 6.07) is 0. The van der Waals surface area contributed by atoms with Gasteiger partial charge in [0, 0.05) is 11.7 Å². The third-order valence-electron chi connectivity index (χ3n) is 7.58. The van der Waals surface area contributed by atoms with Crippen molar-refractivity contribution in [3.63, 3.8) is 0 Å². The van der Waals surface area contributed by atoms with Gasteiger partial charge in [-0.15, -0.1) is 0 Å². The van der Waals surface area contributed by atoms with Crippen molar-refractivity contribution in [3.05, 3.63) is 0 Å². The summed E-state index contributed by atoms with van der Waals surface area (Å²) in [7, 11) is 0. The molecule has 3 heteroatoms. The summed E-state index contributed by atoms with van der Waals surface area (Å²) in [6.07, 6.45) is 37.9. The summed E-state index contributed by atoms with van der Waals surface area (Å²) < 4.78 is 5.45. The van der Waals surface area contributed by atoms with E-state index in [4.69, 9.17) is 4.18 Å². The zero-order chi connectivity index (χ0) is 26.4. The fraction of sp³-hybridized carbons (Fsp3) is 0.970. The fourth-order valence-corrected chi connectivity index (χ4v) is 5.91. The summed E-state index contributed by atoms with van der Waals surface area (Å²) in [5, 5.41) is 0.497. The van der Waals surface area contributed by atoms with E-state index in [9.17, 15) is 4.79 Å². The molecule has 0 aromatic heterocycles. The summed E-state index contributed by atoms with van der Waals surface area (Å²) in [6.45, 7) is 6.46.